The van der Waals surface area contributed by atoms with Crippen LogP contribution < -0.4 is 18.9 Å². The van der Waals surface area contributed by atoms with E-state index in [9.17, 15) is 0 Å². The van der Waals surface area contributed by atoms with E-state index in [4.69, 9.17) is 18.9 Å². The van der Waals surface area contributed by atoms with E-state index in [0.717, 1.165) is 59.8 Å². The second kappa shape index (κ2) is 30.7. The van der Waals surface area contributed by atoms with Gasteiger partial charge in [-0.15, -0.1) is 34.0 Å². The van der Waals surface area contributed by atoms with Gasteiger partial charge in [0.15, 0.2) is 0 Å². The Balaban J connectivity index is 1.35. The fourth-order valence-electron chi connectivity index (χ4n) is 9.72. The first-order valence-electron chi connectivity index (χ1n) is 28.1. The molecule has 7 heteroatoms. The van der Waals surface area contributed by atoms with Crippen molar-refractivity contribution in [1.29, 1.82) is 0 Å². The van der Waals surface area contributed by atoms with Crippen LogP contribution in [0, 0.1) is 0 Å². The van der Waals surface area contributed by atoms with Crippen molar-refractivity contribution in [3.63, 3.8) is 0 Å². The molecule has 0 radical (unpaired) electrons. The second-order valence-corrected chi connectivity index (χ2v) is 22.5. The number of thiophene rings is 3. The number of rotatable bonds is 36. The fraction of sp³-hybridized carbons (Fsp3) is 0.500. The molecular formula is C64H84O4S3. The number of benzene rings is 4. The molecule has 0 fully saturated rings. The van der Waals surface area contributed by atoms with Crippen LogP contribution in [0.4, 0.5) is 0 Å². The lowest BCUT2D eigenvalue weighted by Crippen LogP contribution is -2.03. The Morgan fingerprint density at radius 2 is 0.549 bits per heavy atom. The molecular weight excluding hydrogens is 929 g/mol. The van der Waals surface area contributed by atoms with Gasteiger partial charge in [-0.25, -0.2) is 0 Å². The van der Waals surface area contributed by atoms with Crippen LogP contribution in [0.1, 0.15) is 182 Å². The van der Waals surface area contributed by atoms with Crippen LogP contribution in [0.5, 0.6) is 23.0 Å². The zero-order valence-electron chi connectivity index (χ0n) is 43.9. The van der Waals surface area contributed by atoms with E-state index >= 15 is 0 Å². The van der Waals surface area contributed by atoms with Gasteiger partial charge < -0.3 is 18.9 Å². The summed E-state index contributed by atoms with van der Waals surface area (Å²) in [5.41, 5.74) is 7.15. The van der Waals surface area contributed by atoms with E-state index in [1.165, 1.54) is 179 Å². The van der Waals surface area contributed by atoms with Crippen molar-refractivity contribution in [1.82, 2.24) is 0 Å². The summed E-state index contributed by atoms with van der Waals surface area (Å²) in [6.45, 7) is 11.9. The topological polar surface area (TPSA) is 36.9 Å². The smallest absolute Gasteiger partial charge is 0.131 e. The Labute approximate surface area is 440 Å². The minimum absolute atomic E-state index is 0.697. The first kappa shape index (κ1) is 54.5. The molecule has 7 rings (SSSR count). The standard InChI is InChI=1S/C64H84O4S3/c1-5-9-13-17-21-31-45-65-51-41-35-42-52(66-46-32-22-18-14-10-6-2)57(51)59-55(49-37-27-25-28-38-49)61-63(69-59)64-62(71-61)56(50-39-29-26-30-40-50)60(70-64)58-53(67-47-33-23-19-15-11-7-3)43-36-44-54(58)68-48-34-24-20-16-12-8-4/h25-30,35-44H,5-24,31-34,45-48H2,1-4H3. The monoisotopic (exact) mass is 1010 g/mol. The van der Waals surface area contributed by atoms with E-state index in [0.29, 0.717) is 26.4 Å². The average Bonchev–Trinajstić information content (AvgIpc) is 4.06. The van der Waals surface area contributed by atoms with Gasteiger partial charge in [-0.3, -0.25) is 0 Å². The number of ether oxygens (including phenoxy) is 4. The van der Waals surface area contributed by atoms with Crippen LogP contribution in [0.3, 0.4) is 0 Å². The van der Waals surface area contributed by atoms with Gasteiger partial charge in [0.05, 0.1) is 66.1 Å². The molecule has 0 spiro atoms. The van der Waals surface area contributed by atoms with Crippen LogP contribution in [0.2, 0.25) is 0 Å². The van der Waals surface area contributed by atoms with Crippen molar-refractivity contribution >= 4 is 52.8 Å². The first-order chi connectivity index (χ1) is 35.2. The van der Waals surface area contributed by atoms with Gasteiger partial charge in [-0.1, -0.05) is 229 Å². The third-order valence-electron chi connectivity index (χ3n) is 13.7. The molecule has 4 nitrogen and oxygen atoms in total. The lowest BCUT2D eigenvalue weighted by molar-refractivity contribution is 0.292. The van der Waals surface area contributed by atoms with Crippen LogP contribution in [0.25, 0.3) is 61.9 Å². The Kier molecular flexibility index (Phi) is 23.5. The van der Waals surface area contributed by atoms with Crippen molar-refractivity contribution in [2.75, 3.05) is 26.4 Å². The fourth-order valence-corrected chi connectivity index (χ4v) is 14.4. The molecule has 0 aliphatic carbocycles. The molecule has 71 heavy (non-hydrogen) atoms. The minimum Gasteiger partial charge on any atom is -0.493 e. The van der Waals surface area contributed by atoms with Crippen molar-refractivity contribution in [2.45, 2.75) is 182 Å². The summed E-state index contributed by atoms with van der Waals surface area (Å²) in [7, 11) is 0. The number of hydrogen-bond donors (Lipinski definition) is 0. The number of hydrogen-bond acceptors (Lipinski definition) is 7. The van der Waals surface area contributed by atoms with Gasteiger partial charge in [-0.2, -0.15) is 0 Å². The minimum atomic E-state index is 0.697. The molecule has 0 aliphatic rings. The molecule has 0 aliphatic heterocycles. The molecule has 0 atom stereocenters. The Bertz CT molecular complexity index is 2320. The highest BCUT2D eigenvalue weighted by atomic mass is 32.1. The van der Waals surface area contributed by atoms with Crippen LogP contribution in [0.15, 0.2) is 97.1 Å². The molecule has 3 aromatic heterocycles. The summed E-state index contributed by atoms with van der Waals surface area (Å²) in [6, 6.07) is 35.1. The lowest BCUT2D eigenvalue weighted by Gasteiger charge is -2.17. The number of fused-ring (bicyclic) bond motifs is 3. The third-order valence-corrected chi connectivity index (χ3v) is 17.8. The highest BCUT2D eigenvalue weighted by Crippen LogP contribution is 2.60. The Morgan fingerprint density at radius 1 is 0.268 bits per heavy atom. The summed E-state index contributed by atoms with van der Waals surface area (Å²) in [5.74, 6) is 3.67. The normalized spacial score (nSPS) is 11.5. The molecule has 0 N–H and O–H groups in total. The first-order valence-corrected chi connectivity index (χ1v) is 30.5. The van der Waals surface area contributed by atoms with Gasteiger partial charge in [-0.05, 0) is 61.1 Å². The Hall–Kier alpha value is -4.30. The molecule has 3 heterocycles. The summed E-state index contributed by atoms with van der Waals surface area (Å²) in [5, 5.41) is 0. The van der Waals surface area contributed by atoms with Crippen LogP contribution in [-0.2, 0) is 0 Å². The van der Waals surface area contributed by atoms with E-state index < -0.39 is 0 Å². The highest BCUT2D eigenvalue weighted by Gasteiger charge is 2.30. The molecule has 0 bridgehead atoms. The van der Waals surface area contributed by atoms with E-state index in [2.05, 4.69) is 125 Å². The molecule has 0 amide bonds. The zero-order chi connectivity index (χ0) is 49.3. The molecule has 0 saturated heterocycles. The maximum Gasteiger partial charge on any atom is 0.131 e. The SMILES string of the molecule is CCCCCCCCOc1cccc(OCCCCCCCC)c1-c1sc2c(sc3c(-c4ccccc4)c(-c4c(OCCCCCCCC)cccc4OCCCCCCCC)sc32)c1-c1ccccc1. The van der Waals surface area contributed by atoms with Crippen LogP contribution >= 0.6 is 34.0 Å². The molecule has 382 valence electrons. The van der Waals surface area contributed by atoms with Gasteiger partial charge in [0.1, 0.15) is 23.0 Å². The molecule has 0 unspecified atom stereocenters. The van der Waals surface area contributed by atoms with Gasteiger partial charge in [0, 0.05) is 11.1 Å². The van der Waals surface area contributed by atoms with E-state index in [1.807, 2.05) is 34.0 Å². The van der Waals surface area contributed by atoms with Crippen LogP contribution in [-0.4, -0.2) is 26.4 Å². The van der Waals surface area contributed by atoms with E-state index in [-0.39, 0.29) is 0 Å². The molecule has 7 aromatic rings. The van der Waals surface area contributed by atoms with Gasteiger partial charge in [0.2, 0.25) is 0 Å². The van der Waals surface area contributed by atoms with E-state index in [1.54, 1.807) is 0 Å². The van der Waals surface area contributed by atoms with Crippen molar-refractivity contribution in [3.8, 4) is 66.1 Å². The maximum absolute atomic E-state index is 6.86. The molecule has 0 saturated carbocycles. The molecule has 4 aromatic carbocycles. The zero-order valence-corrected chi connectivity index (χ0v) is 46.3. The Morgan fingerprint density at radius 3 is 0.845 bits per heavy atom. The summed E-state index contributed by atoms with van der Waals surface area (Å²) >= 11 is 5.76. The largest absolute Gasteiger partial charge is 0.493 e. The van der Waals surface area contributed by atoms with Gasteiger partial charge in [0.25, 0.3) is 0 Å². The predicted molar refractivity (Wildman–Crippen MR) is 312 cm³/mol. The maximum atomic E-state index is 6.86. The van der Waals surface area contributed by atoms with Crippen molar-refractivity contribution in [2.24, 2.45) is 0 Å². The third kappa shape index (κ3) is 15.4. The average molecular weight is 1010 g/mol. The van der Waals surface area contributed by atoms with Crippen molar-refractivity contribution < 1.29 is 18.9 Å². The predicted octanol–water partition coefficient (Wildman–Crippen LogP) is 21.8. The van der Waals surface area contributed by atoms with Crippen molar-refractivity contribution in [3.05, 3.63) is 97.1 Å². The number of unbranched alkanes of at least 4 members (excludes halogenated alkanes) is 20. The van der Waals surface area contributed by atoms with Gasteiger partial charge >= 0.3 is 0 Å². The second-order valence-electron chi connectivity index (χ2n) is 19.5. The summed E-state index contributed by atoms with van der Waals surface area (Å²) in [6.07, 6.45) is 29.4. The summed E-state index contributed by atoms with van der Waals surface area (Å²) < 4.78 is 32.7. The lowest BCUT2D eigenvalue weighted by atomic mass is 10.0. The quantitative estimate of drug-likeness (QED) is 0.0367. The highest BCUT2D eigenvalue weighted by molar-refractivity contribution is 7.41. The summed E-state index contributed by atoms with van der Waals surface area (Å²) in [4.78, 5) is 2.44.